The van der Waals surface area contributed by atoms with E-state index in [4.69, 9.17) is 11.6 Å². The zero-order valence-electron chi connectivity index (χ0n) is 12.5. The van der Waals surface area contributed by atoms with Crippen molar-refractivity contribution in [1.82, 2.24) is 4.98 Å². The molecule has 1 heterocycles. The maximum Gasteiger partial charge on any atom is 0.185 e. The fourth-order valence-electron chi connectivity index (χ4n) is 2.27. The minimum absolute atomic E-state index is 0.127. The number of allylic oxidation sites excluding steroid dienone is 1. The van der Waals surface area contributed by atoms with Crippen LogP contribution >= 0.6 is 11.6 Å². The predicted molar refractivity (Wildman–Crippen MR) is 93.0 cm³/mol. The number of carbonyl (C=O) groups excluding carboxylic acids is 1. The molecule has 0 spiro atoms. The van der Waals surface area contributed by atoms with Gasteiger partial charge in [-0.3, -0.25) is 4.79 Å². The minimum Gasteiger partial charge on any atom is -0.508 e. The molecule has 0 saturated heterocycles. The molecular formula is C19H14ClNO2. The van der Waals surface area contributed by atoms with Crippen LogP contribution in [-0.2, 0) is 0 Å². The van der Waals surface area contributed by atoms with Crippen LogP contribution in [-0.4, -0.2) is 15.9 Å². The highest BCUT2D eigenvalue weighted by molar-refractivity contribution is 6.31. The van der Waals surface area contributed by atoms with Gasteiger partial charge >= 0.3 is 0 Å². The zero-order valence-corrected chi connectivity index (χ0v) is 13.2. The summed E-state index contributed by atoms with van der Waals surface area (Å²) < 4.78 is 0. The number of phenols is 1. The van der Waals surface area contributed by atoms with Crippen molar-refractivity contribution in [1.29, 1.82) is 0 Å². The van der Waals surface area contributed by atoms with Crippen LogP contribution in [0.5, 0.6) is 5.75 Å². The van der Waals surface area contributed by atoms with Crippen molar-refractivity contribution in [3.8, 4) is 5.75 Å². The molecule has 0 fully saturated rings. The monoisotopic (exact) mass is 323 g/mol. The van der Waals surface area contributed by atoms with Crippen molar-refractivity contribution in [3.05, 3.63) is 76.5 Å². The highest BCUT2D eigenvalue weighted by Crippen LogP contribution is 2.23. The molecule has 3 aromatic rings. The topological polar surface area (TPSA) is 50.2 Å². The molecule has 0 amide bonds. The number of ketones is 1. The highest BCUT2D eigenvalue weighted by Gasteiger charge is 2.05. The van der Waals surface area contributed by atoms with E-state index in [2.05, 4.69) is 4.98 Å². The van der Waals surface area contributed by atoms with Gasteiger partial charge in [0, 0.05) is 16.5 Å². The number of nitrogens with zero attached hydrogens (tertiary/aromatic N) is 1. The molecule has 1 N–H and O–H groups in total. The van der Waals surface area contributed by atoms with Crippen molar-refractivity contribution in [3.63, 3.8) is 0 Å². The van der Waals surface area contributed by atoms with Crippen LogP contribution in [0.2, 0.25) is 5.15 Å². The van der Waals surface area contributed by atoms with E-state index >= 15 is 0 Å². The van der Waals surface area contributed by atoms with Gasteiger partial charge in [0.2, 0.25) is 0 Å². The Bertz CT molecular complexity index is 915. The van der Waals surface area contributed by atoms with Crippen LogP contribution in [0.1, 0.15) is 21.5 Å². The van der Waals surface area contributed by atoms with Crippen molar-refractivity contribution in [2.45, 2.75) is 6.92 Å². The van der Waals surface area contributed by atoms with Gasteiger partial charge in [0.15, 0.2) is 5.78 Å². The fourth-order valence-corrected chi connectivity index (χ4v) is 2.48. The summed E-state index contributed by atoms with van der Waals surface area (Å²) in [5.41, 5.74) is 3.14. The van der Waals surface area contributed by atoms with Crippen LogP contribution in [0.15, 0.2) is 54.6 Å². The number of phenolic OH excluding ortho intramolecular Hbond substituents is 1. The number of rotatable bonds is 3. The Morgan fingerprint density at radius 3 is 2.61 bits per heavy atom. The predicted octanol–water partition coefficient (Wildman–Crippen LogP) is 4.80. The molecule has 2 aromatic carbocycles. The first-order valence-corrected chi connectivity index (χ1v) is 7.49. The molecule has 114 valence electrons. The third-order valence-corrected chi connectivity index (χ3v) is 3.82. The van der Waals surface area contributed by atoms with E-state index < -0.39 is 0 Å². The lowest BCUT2D eigenvalue weighted by Gasteiger charge is -2.03. The Balaban J connectivity index is 1.91. The van der Waals surface area contributed by atoms with Gasteiger partial charge in [-0.05, 0) is 61.0 Å². The van der Waals surface area contributed by atoms with Crippen molar-refractivity contribution >= 4 is 34.4 Å². The van der Waals surface area contributed by atoms with E-state index in [0.29, 0.717) is 16.3 Å². The fraction of sp³-hybridized carbons (Fsp3) is 0.0526. The van der Waals surface area contributed by atoms with Gasteiger partial charge in [0.1, 0.15) is 10.9 Å². The summed E-state index contributed by atoms with van der Waals surface area (Å²) in [6.45, 7) is 2.00. The molecular weight excluding hydrogens is 310 g/mol. The van der Waals surface area contributed by atoms with Crippen molar-refractivity contribution < 1.29 is 9.90 Å². The number of benzene rings is 2. The van der Waals surface area contributed by atoms with E-state index in [-0.39, 0.29) is 11.5 Å². The number of fused-ring (bicyclic) bond motifs is 1. The first-order valence-electron chi connectivity index (χ1n) is 7.11. The van der Waals surface area contributed by atoms with Gasteiger partial charge in [-0.2, -0.15) is 0 Å². The van der Waals surface area contributed by atoms with Gasteiger partial charge in [-0.25, -0.2) is 4.98 Å². The Hall–Kier alpha value is -2.65. The second kappa shape index (κ2) is 6.23. The molecule has 3 nitrogen and oxygen atoms in total. The number of carbonyl (C=O) groups is 1. The van der Waals surface area contributed by atoms with Crippen LogP contribution < -0.4 is 0 Å². The Morgan fingerprint density at radius 1 is 1.13 bits per heavy atom. The average molecular weight is 324 g/mol. The quantitative estimate of drug-likeness (QED) is 0.428. The summed E-state index contributed by atoms with van der Waals surface area (Å²) in [4.78, 5) is 16.5. The van der Waals surface area contributed by atoms with E-state index in [9.17, 15) is 9.90 Å². The van der Waals surface area contributed by atoms with Gasteiger partial charge < -0.3 is 5.11 Å². The van der Waals surface area contributed by atoms with Gasteiger partial charge in [0.25, 0.3) is 0 Å². The van der Waals surface area contributed by atoms with Gasteiger partial charge in [0.05, 0.1) is 5.52 Å². The second-order valence-electron chi connectivity index (χ2n) is 5.31. The van der Waals surface area contributed by atoms with E-state index in [1.165, 1.54) is 18.2 Å². The smallest absolute Gasteiger partial charge is 0.185 e. The second-order valence-corrected chi connectivity index (χ2v) is 5.67. The molecule has 0 aliphatic carbocycles. The SMILES string of the molecule is Cc1ccc2cc(/C=C/C(=O)c3ccc(O)cc3)c(Cl)nc2c1. The summed E-state index contributed by atoms with van der Waals surface area (Å²) in [5.74, 6) is -0.0346. The number of aromatic nitrogens is 1. The van der Waals surface area contributed by atoms with Crippen LogP contribution in [0, 0.1) is 6.92 Å². The van der Waals surface area contributed by atoms with Gasteiger partial charge in [-0.15, -0.1) is 0 Å². The number of aromatic hydroxyl groups is 1. The largest absolute Gasteiger partial charge is 0.508 e. The van der Waals surface area contributed by atoms with Crippen molar-refractivity contribution in [2.24, 2.45) is 0 Å². The Labute approximate surface area is 138 Å². The van der Waals surface area contributed by atoms with Crippen LogP contribution in [0.25, 0.3) is 17.0 Å². The third-order valence-electron chi connectivity index (χ3n) is 3.52. The maximum atomic E-state index is 12.1. The third kappa shape index (κ3) is 3.41. The summed E-state index contributed by atoms with van der Waals surface area (Å²) in [7, 11) is 0. The lowest BCUT2D eigenvalue weighted by Crippen LogP contribution is -1.93. The highest BCUT2D eigenvalue weighted by atomic mass is 35.5. The maximum absolute atomic E-state index is 12.1. The summed E-state index contributed by atoms with van der Waals surface area (Å²) >= 11 is 6.20. The molecule has 3 rings (SSSR count). The Morgan fingerprint density at radius 2 is 1.87 bits per heavy atom. The molecule has 0 saturated carbocycles. The van der Waals surface area contributed by atoms with E-state index in [0.717, 1.165) is 16.5 Å². The van der Waals surface area contributed by atoms with E-state index in [1.807, 2.05) is 31.2 Å². The summed E-state index contributed by atoms with van der Waals surface area (Å²) in [6, 6.07) is 14.0. The summed E-state index contributed by atoms with van der Waals surface area (Å²) in [6.07, 6.45) is 3.11. The molecule has 1 aromatic heterocycles. The molecule has 0 bridgehead atoms. The lowest BCUT2D eigenvalue weighted by atomic mass is 10.1. The minimum atomic E-state index is -0.162. The normalized spacial score (nSPS) is 11.2. The van der Waals surface area contributed by atoms with Gasteiger partial charge in [-0.1, -0.05) is 23.7 Å². The van der Waals surface area contributed by atoms with Crippen LogP contribution in [0.4, 0.5) is 0 Å². The first-order chi connectivity index (χ1) is 11.0. The Kier molecular flexibility index (Phi) is 4.13. The number of pyridine rings is 1. The number of hydrogen-bond acceptors (Lipinski definition) is 3. The van der Waals surface area contributed by atoms with Crippen molar-refractivity contribution in [2.75, 3.05) is 0 Å². The molecule has 0 unspecified atom stereocenters. The summed E-state index contributed by atoms with van der Waals surface area (Å²) in [5, 5.41) is 10.6. The molecule has 0 atom stereocenters. The molecule has 0 radical (unpaired) electrons. The number of halogens is 1. The number of aryl methyl sites for hydroxylation is 1. The van der Waals surface area contributed by atoms with Crippen LogP contribution in [0.3, 0.4) is 0 Å². The molecule has 0 aliphatic heterocycles. The molecule has 0 aliphatic rings. The average Bonchev–Trinajstić information content (AvgIpc) is 2.53. The van der Waals surface area contributed by atoms with E-state index in [1.54, 1.807) is 18.2 Å². The zero-order chi connectivity index (χ0) is 16.4. The number of hydrogen-bond donors (Lipinski definition) is 1. The molecule has 23 heavy (non-hydrogen) atoms. The molecule has 4 heteroatoms. The lowest BCUT2D eigenvalue weighted by molar-refractivity contribution is 0.104. The first kappa shape index (κ1) is 15.3. The standard InChI is InChI=1S/C19H14ClNO2/c1-12-2-3-14-11-15(19(20)21-17(14)10-12)6-9-18(23)13-4-7-16(22)8-5-13/h2-11,22H,1H3/b9-6+.